The lowest BCUT2D eigenvalue weighted by molar-refractivity contribution is 0.103. The van der Waals surface area contributed by atoms with Gasteiger partial charge >= 0.3 is 0 Å². The molecule has 3 nitrogen and oxygen atoms in total. The highest BCUT2D eigenvalue weighted by Crippen LogP contribution is 2.19. The van der Waals surface area contributed by atoms with Crippen LogP contribution in [0.4, 0.5) is 5.69 Å². The van der Waals surface area contributed by atoms with E-state index in [1.54, 1.807) is 24.3 Å². The molecule has 0 fully saturated rings. The quantitative estimate of drug-likeness (QED) is 0.888. The van der Waals surface area contributed by atoms with Gasteiger partial charge in [-0.05, 0) is 36.2 Å². The lowest BCUT2D eigenvalue weighted by atomic mass is 10.2. The molecule has 1 aromatic heterocycles. The molecule has 2 N–H and O–H groups in total. The van der Waals surface area contributed by atoms with Crippen LogP contribution in [0.5, 0.6) is 0 Å². The summed E-state index contributed by atoms with van der Waals surface area (Å²) in [5, 5.41) is 11.8. The third kappa shape index (κ3) is 2.97. The number of carbonyl (C=O) groups excluding carboxylic acids is 1. The molecule has 94 valence electrons. The summed E-state index contributed by atoms with van der Waals surface area (Å²) in [5.41, 5.74) is 1.57. The van der Waals surface area contributed by atoms with E-state index in [2.05, 4.69) is 12.2 Å². The van der Waals surface area contributed by atoms with E-state index in [0.717, 1.165) is 22.5 Å². The molecule has 0 aliphatic heterocycles. The molecule has 0 aliphatic carbocycles. The Balaban J connectivity index is 2.06. The number of amides is 1. The number of aryl methyl sites for hydroxylation is 1. The number of anilines is 1. The van der Waals surface area contributed by atoms with E-state index in [9.17, 15) is 4.79 Å². The van der Waals surface area contributed by atoms with Crippen molar-refractivity contribution < 1.29 is 9.90 Å². The van der Waals surface area contributed by atoms with Gasteiger partial charge in [-0.15, -0.1) is 11.3 Å². The summed E-state index contributed by atoms with van der Waals surface area (Å²) in [5.74, 6) is -0.0866. The molecule has 4 heteroatoms. The van der Waals surface area contributed by atoms with Gasteiger partial charge in [-0.3, -0.25) is 4.79 Å². The maximum Gasteiger partial charge on any atom is 0.265 e. The highest BCUT2D eigenvalue weighted by Gasteiger charge is 2.08. The summed E-state index contributed by atoms with van der Waals surface area (Å²) in [6.07, 6.45) is 0.948. The SMILES string of the molecule is CCc1ccc(C(=O)Nc2ccc(CO)cc2)s1. The lowest BCUT2D eigenvalue weighted by Crippen LogP contribution is -2.09. The fourth-order valence-corrected chi connectivity index (χ4v) is 2.42. The number of carbonyl (C=O) groups is 1. The van der Waals surface area contributed by atoms with Crippen LogP contribution in [-0.4, -0.2) is 11.0 Å². The first kappa shape index (κ1) is 12.8. The molecule has 0 unspecified atom stereocenters. The predicted octanol–water partition coefficient (Wildman–Crippen LogP) is 3.06. The van der Waals surface area contributed by atoms with E-state index in [0.29, 0.717) is 0 Å². The Bertz CT molecular complexity index is 531. The Kier molecular flexibility index (Phi) is 4.12. The molecule has 1 amide bonds. The second kappa shape index (κ2) is 5.80. The van der Waals surface area contributed by atoms with Crippen LogP contribution in [-0.2, 0) is 13.0 Å². The van der Waals surface area contributed by atoms with Gasteiger partial charge < -0.3 is 10.4 Å². The number of thiophene rings is 1. The normalized spacial score (nSPS) is 10.3. The van der Waals surface area contributed by atoms with Crippen molar-refractivity contribution in [2.75, 3.05) is 5.32 Å². The molecule has 0 saturated heterocycles. The van der Waals surface area contributed by atoms with Crippen LogP contribution in [0, 0.1) is 0 Å². The van der Waals surface area contributed by atoms with Crippen molar-refractivity contribution in [3.63, 3.8) is 0 Å². The van der Waals surface area contributed by atoms with E-state index in [1.165, 1.54) is 16.2 Å². The third-order valence-electron chi connectivity index (χ3n) is 2.63. The minimum atomic E-state index is -0.0866. The van der Waals surface area contributed by atoms with Crippen LogP contribution < -0.4 is 5.32 Å². The van der Waals surface area contributed by atoms with Crippen LogP contribution in [0.3, 0.4) is 0 Å². The Morgan fingerprint density at radius 3 is 2.50 bits per heavy atom. The smallest absolute Gasteiger partial charge is 0.265 e. The molecule has 0 bridgehead atoms. The van der Waals surface area contributed by atoms with Crippen LogP contribution in [0.1, 0.15) is 27.0 Å². The largest absolute Gasteiger partial charge is 0.392 e. The predicted molar refractivity (Wildman–Crippen MR) is 74.0 cm³/mol. The molecule has 0 aliphatic rings. The summed E-state index contributed by atoms with van der Waals surface area (Å²) in [4.78, 5) is 13.9. The number of hydrogen-bond donors (Lipinski definition) is 2. The van der Waals surface area contributed by atoms with E-state index in [4.69, 9.17) is 5.11 Å². The van der Waals surface area contributed by atoms with Gasteiger partial charge in [0.25, 0.3) is 5.91 Å². The molecule has 2 aromatic rings. The van der Waals surface area contributed by atoms with E-state index < -0.39 is 0 Å². The maximum absolute atomic E-state index is 11.9. The van der Waals surface area contributed by atoms with Crippen molar-refractivity contribution in [2.45, 2.75) is 20.0 Å². The Hall–Kier alpha value is -1.65. The Labute approximate surface area is 110 Å². The summed E-state index contributed by atoms with van der Waals surface area (Å²) in [6, 6.07) is 11.0. The van der Waals surface area contributed by atoms with Crippen LogP contribution in [0.2, 0.25) is 0 Å². The average molecular weight is 261 g/mol. The highest BCUT2D eigenvalue weighted by molar-refractivity contribution is 7.14. The minimum absolute atomic E-state index is 0.0129. The van der Waals surface area contributed by atoms with Gasteiger partial charge in [0.05, 0.1) is 11.5 Å². The molecule has 0 atom stereocenters. The standard InChI is InChI=1S/C14H15NO2S/c1-2-12-7-8-13(18-12)14(17)15-11-5-3-10(9-16)4-6-11/h3-8,16H,2,9H2,1H3,(H,15,17). The minimum Gasteiger partial charge on any atom is -0.392 e. The first-order valence-electron chi connectivity index (χ1n) is 5.82. The molecule has 0 spiro atoms. The molecule has 0 saturated carbocycles. The second-order valence-corrected chi connectivity index (χ2v) is 5.10. The van der Waals surface area contributed by atoms with Gasteiger partial charge in [0.15, 0.2) is 0 Å². The van der Waals surface area contributed by atoms with Gasteiger partial charge in [-0.2, -0.15) is 0 Å². The first-order valence-corrected chi connectivity index (χ1v) is 6.64. The Morgan fingerprint density at radius 1 is 1.22 bits per heavy atom. The number of aliphatic hydroxyl groups is 1. The van der Waals surface area contributed by atoms with Crippen molar-refractivity contribution in [3.05, 3.63) is 51.7 Å². The number of hydrogen-bond acceptors (Lipinski definition) is 3. The summed E-state index contributed by atoms with van der Waals surface area (Å²) in [6.45, 7) is 2.08. The molecule has 2 rings (SSSR count). The summed E-state index contributed by atoms with van der Waals surface area (Å²) >= 11 is 1.52. The van der Waals surface area contributed by atoms with Gasteiger partial charge in [0, 0.05) is 10.6 Å². The summed E-state index contributed by atoms with van der Waals surface area (Å²) in [7, 11) is 0. The molecule has 18 heavy (non-hydrogen) atoms. The highest BCUT2D eigenvalue weighted by atomic mass is 32.1. The van der Waals surface area contributed by atoms with E-state index >= 15 is 0 Å². The fourth-order valence-electron chi connectivity index (χ4n) is 1.58. The lowest BCUT2D eigenvalue weighted by Gasteiger charge is -2.04. The number of nitrogens with one attached hydrogen (secondary N) is 1. The topological polar surface area (TPSA) is 49.3 Å². The maximum atomic E-state index is 11.9. The molecular formula is C14H15NO2S. The van der Waals surface area contributed by atoms with Crippen LogP contribution >= 0.6 is 11.3 Å². The molecule has 1 heterocycles. The first-order chi connectivity index (χ1) is 8.72. The Morgan fingerprint density at radius 2 is 1.94 bits per heavy atom. The number of aliphatic hydroxyl groups excluding tert-OH is 1. The zero-order chi connectivity index (χ0) is 13.0. The van der Waals surface area contributed by atoms with Crippen molar-refractivity contribution in [1.82, 2.24) is 0 Å². The van der Waals surface area contributed by atoms with Gasteiger partial charge in [-0.25, -0.2) is 0 Å². The summed E-state index contributed by atoms with van der Waals surface area (Å²) < 4.78 is 0. The van der Waals surface area contributed by atoms with E-state index in [-0.39, 0.29) is 12.5 Å². The molecule has 1 aromatic carbocycles. The molecular weight excluding hydrogens is 246 g/mol. The second-order valence-electron chi connectivity index (χ2n) is 3.93. The number of benzene rings is 1. The van der Waals surface area contributed by atoms with Crippen molar-refractivity contribution >= 4 is 22.9 Å². The van der Waals surface area contributed by atoms with Crippen LogP contribution in [0.25, 0.3) is 0 Å². The average Bonchev–Trinajstić information content (AvgIpc) is 2.88. The fraction of sp³-hybridized carbons (Fsp3) is 0.214. The third-order valence-corrected chi connectivity index (χ3v) is 3.86. The van der Waals surface area contributed by atoms with Crippen molar-refractivity contribution in [1.29, 1.82) is 0 Å². The zero-order valence-electron chi connectivity index (χ0n) is 10.1. The van der Waals surface area contributed by atoms with Crippen molar-refractivity contribution in [3.8, 4) is 0 Å². The van der Waals surface area contributed by atoms with E-state index in [1.807, 2.05) is 12.1 Å². The zero-order valence-corrected chi connectivity index (χ0v) is 11.0. The monoisotopic (exact) mass is 261 g/mol. The van der Waals surface area contributed by atoms with Crippen LogP contribution in [0.15, 0.2) is 36.4 Å². The van der Waals surface area contributed by atoms with Gasteiger partial charge in [0.1, 0.15) is 0 Å². The van der Waals surface area contributed by atoms with Gasteiger partial charge in [-0.1, -0.05) is 19.1 Å². The molecule has 0 radical (unpaired) electrons. The van der Waals surface area contributed by atoms with Crippen molar-refractivity contribution in [2.24, 2.45) is 0 Å². The number of rotatable bonds is 4. The van der Waals surface area contributed by atoms with Gasteiger partial charge in [0.2, 0.25) is 0 Å².